The van der Waals surface area contributed by atoms with Crippen LogP contribution in [0.5, 0.6) is 0 Å². The van der Waals surface area contributed by atoms with Crippen molar-refractivity contribution >= 4 is 39.9 Å². The van der Waals surface area contributed by atoms with E-state index in [1.54, 1.807) is 6.07 Å². The summed E-state index contributed by atoms with van der Waals surface area (Å²) in [5.74, 6) is 1.74. The van der Waals surface area contributed by atoms with E-state index in [-0.39, 0.29) is 0 Å². The lowest BCUT2D eigenvalue weighted by atomic mass is 10.2. The Morgan fingerprint density at radius 3 is 2.33 bits per heavy atom. The molecule has 4 nitrogen and oxygen atoms in total. The van der Waals surface area contributed by atoms with Crippen LogP contribution in [0.15, 0.2) is 60.7 Å². The van der Waals surface area contributed by atoms with Crippen LogP contribution in [0.25, 0.3) is 11.4 Å². The van der Waals surface area contributed by atoms with Crippen LogP contribution in [0, 0.1) is 3.57 Å². The van der Waals surface area contributed by atoms with E-state index < -0.39 is 0 Å². The van der Waals surface area contributed by atoms with Gasteiger partial charge in [-0.1, -0.05) is 30.3 Å². The molecule has 0 radical (unpaired) electrons. The Labute approximate surface area is 136 Å². The Morgan fingerprint density at radius 1 is 0.905 bits per heavy atom. The molecule has 0 saturated heterocycles. The number of aromatic nitrogens is 2. The highest BCUT2D eigenvalue weighted by molar-refractivity contribution is 14.1. The fraction of sp³-hybridized carbons (Fsp3) is 0. The van der Waals surface area contributed by atoms with Gasteiger partial charge in [0.1, 0.15) is 11.6 Å². The molecule has 1 aromatic heterocycles. The Hall–Kier alpha value is -2.15. The van der Waals surface area contributed by atoms with Crippen LogP contribution in [0.4, 0.5) is 17.3 Å². The summed E-state index contributed by atoms with van der Waals surface area (Å²) in [5.41, 5.74) is 7.79. The zero-order valence-electron chi connectivity index (χ0n) is 11.1. The number of anilines is 3. The third-order valence-electron chi connectivity index (χ3n) is 2.89. The molecule has 0 unspecified atom stereocenters. The summed E-state index contributed by atoms with van der Waals surface area (Å²) in [7, 11) is 0. The highest BCUT2D eigenvalue weighted by Gasteiger charge is 2.05. The summed E-state index contributed by atoms with van der Waals surface area (Å²) < 4.78 is 1.19. The van der Waals surface area contributed by atoms with Crippen molar-refractivity contribution in [3.8, 4) is 11.4 Å². The average molecular weight is 388 g/mol. The summed E-state index contributed by atoms with van der Waals surface area (Å²) in [4.78, 5) is 8.80. The molecule has 3 rings (SSSR count). The van der Waals surface area contributed by atoms with E-state index >= 15 is 0 Å². The van der Waals surface area contributed by atoms with Gasteiger partial charge in [-0.15, -0.1) is 0 Å². The van der Waals surface area contributed by atoms with E-state index in [2.05, 4.69) is 37.9 Å². The van der Waals surface area contributed by atoms with Gasteiger partial charge in [0, 0.05) is 20.9 Å². The number of nitrogens with two attached hydrogens (primary N) is 1. The van der Waals surface area contributed by atoms with Gasteiger partial charge >= 0.3 is 0 Å². The van der Waals surface area contributed by atoms with Crippen LogP contribution < -0.4 is 11.1 Å². The Balaban J connectivity index is 1.93. The number of rotatable bonds is 3. The minimum Gasteiger partial charge on any atom is -0.384 e. The SMILES string of the molecule is Nc1cc(Nc2ccc(I)cc2)nc(-c2ccccc2)n1. The summed E-state index contributed by atoms with van der Waals surface area (Å²) in [6.45, 7) is 0. The van der Waals surface area contributed by atoms with Gasteiger partial charge in [-0.05, 0) is 46.9 Å². The van der Waals surface area contributed by atoms with Crippen LogP contribution in [0.2, 0.25) is 0 Å². The molecule has 2 aromatic carbocycles. The van der Waals surface area contributed by atoms with Crippen LogP contribution in [0.3, 0.4) is 0 Å². The average Bonchev–Trinajstić information content (AvgIpc) is 2.50. The normalized spacial score (nSPS) is 10.3. The molecule has 0 amide bonds. The van der Waals surface area contributed by atoms with Crippen molar-refractivity contribution in [3.05, 3.63) is 64.2 Å². The maximum Gasteiger partial charge on any atom is 0.163 e. The van der Waals surface area contributed by atoms with E-state index in [1.165, 1.54) is 3.57 Å². The molecule has 0 fully saturated rings. The predicted molar refractivity (Wildman–Crippen MR) is 94.3 cm³/mol. The molecular weight excluding hydrogens is 375 g/mol. The van der Waals surface area contributed by atoms with Gasteiger partial charge in [0.2, 0.25) is 0 Å². The van der Waals surface area contributed by atoms with Gasteiger partial charge < -0.3 is 11.1 Å². The van der Waals surface area contributed by atoms with Crippen molar-refractivity contribution in [2.75, 3.05) is 11.1 Å². The predicted octanol–water partition coefficient (Wildman–Crippen LogP) is 4.07. The second kappa shape index (κ2) is 6.09. The lowest BCUT2D eigenvalue weighted by molar-refractivity contribution is 1.18. The van der Waals surface area contributed by atoms with Crippen LogP contribution in [-0.2, 0) is 0 Å². The first kappa shape index (κ1) is 13.8. The number of halogens is 1. The van der Waals surface area contributed by atoms with E-state index in [4.69, 9.17) is 5.73 Å². The monoisotopic (exact) mass is 388 g/mol. The summed E-state index contributed by atoms with van der Waals surface area (Å²) in [6.07, 6.45) is 0. The van der Waals surface area contributed by atoms with Crippen molar-refractivity contribution in [1.29, 1.82) is 0 Å². The zero-order valence-corrected chi connectivity index (χ0v) is 13.3. The molecule has 0 aliphatic rings. The largest absolute Gasteiger partial charge is 0.384 e. The van der Waals surface area contributed by atoms with E-state index in [9.17, 15) is 0 Å². The summed E-state index contributed by atoms with van der Waals surface area (Å²) in [6, 6.07) is 19.6. The zero-order chi connectivity index (χ0) is 14.7. The highest BCUT2D eigenvalue weighted by atomic mass is 127. The Morgan fingerprint density at radius 2 is 1.62 bits per heavy atom. The second-order valence-electron chi connectivity index (χ2n) is 4.50. The van der Waals surface area contributed by atoms with Gasteiger partial charge in [-0.3, -0.25) is 0 Å². The highest BCUT2D eigenvalue weighted by Crippen LogP contribution is 2.21. The molecule has 0 atom stereocenters. The fourth-order valence-electron chi connectivity index (χ4n) is 1.93. The third kappa shape index (κ3) is 3.49. The topological polar surface area (TPSA) is 63.8 Å². The number of benzene rings is 2. The van der Waals surface area contributed by atoms with Gasteiger partial charge in [-0.25, -0.2) is 9.97 Å². The van der Waals surface area contributed by atoms with E-state index in [1.807, 2.05) is 54.6 Å². The molecule has 0 spiro atoms. The van der Waals surface area contributed by atoms with Crippen LogP contribution >= 0.6 is 22.6 Å². The molecule has 0 aliphatic heterocycles. The first-order chi connectivity index (χ1) is 10.2. The maximum atomic E-state index is 5.88. The minimum absolute atomic E-state index is 0.442. The van der Waals surface area contributed by atoms with Gasteiger partial charge in [0.05, 0.1) is 0 Å². The smallest absolute Gasteiger partial charge is 0.163 e. The van der Waals surface area contributed by atoms with Crippen LogP contribution in [-0.4, -0.2) is 9.97 Å². The number of hydrogen-bond acceptors (Lipinski definition) is 4. The molecule has 1 heterocycles. The quantitative estimate of drug-likeness (QED) is 0.664. The van der Waals surface area contributed by atoms with Gasteiger partial charge in [-0.2, -0.15) is 0 Å². The molecule has 3 aromatic rings. The van der Waals surface area contributed by atoms with E-state index in [0.717, 1.165) is 11.3 Å². The molecule has 3 N–H and O–H groups in total. The molecule has 5 heteroatoms. The van der Waals surface area contributed by atoms with Crippen LogP contribution in [0.1, 0.15) is 0 Å². The van der Waals surface area contributed by atoms with Crippen molar-refractivity contribution in [1.82, 2.24) is 9.97 Å². The molecule has 0 bridgehead atoms. The standard InChI is InChI=1S/C16H13IN4/c17-12-6-8-13(9-7-12)19-15-10-14(18)20-16(21-15)11-4-2-1-3-5-11/h1-10H,(H3,18,19,20,21). The number of hydrogen-bond donors (Lipinski definition) is 2. The molecule has 0 saturated carbocycles. The second-order valence-corrected chi connectivity index (χ2v) is 5.75. The number of nitrogens with zero attached hydrogens (tertiary/aromatic N) is 2. The molecule has 104 valence electrons. The Bertz CT molecular complexity index is 742. The fourth-order valence-corrected chi connectivity index (χ4v) is 2.29. The number of nitrogens with one attached hydrogen (secondary N) is 1. The van der Waals surface area contributed by atoms with Gasteiger partial charge in [0.25, 0.3) is 0 Å². The Kier molecular flexibility index (Phi) is 4.01. The van der Waals surface area contributed by atoms with Crippen molar-refractivity contribution in [2.24, 2.45) is 0 Å². The first-order valence-electron chi connectivity index (χ1n) is 6.43. The molecule has 21 heavy (non-hydrogen) atoms. The van der Waals surface area contributed by atoms with Crippen molar-refractivity contribution < 1.29 is 0 Å². The van der Waals surface area contributed by atoms with Crippen molar-refractivity contribution in [3.63, 3.8) is 0 Å². The van der Waals surface area contributed by atoms with Crippen molar-refractivity contribution in [2.45, 2.75) is 0 Å². The number of nitrogen functional groups attached to an aromatic ring is 1. The lowest BCUT2D eigenvalue weighted by Gasteiger charge is -2.08. The first-order valence-corrected chi connectivity index (χ1v) is 7.51. The summed E-state index contributed by atoms with van der Waals surface area (Å²) in [5, 5.41) is 3.25. The third-order valence-corrected chi connectivity index (χ3v) is 3.61. The molecule has 0 aliphatic carbocycles. The maximum absolute atomic E-state index is 5.88. The summed E-state index contributed by atoms with van der Waals surface area (Å²) >= 11 is 2.27. The minimum atomic E-state index is 0.442. The lowest BCUT2D eigenvalue weighted by Crippen LogP contribution is -2.01. The van der Waals surface area contributed by atoms with Gasteiger partial charge in [0.15, 0.2) is 5.82 Å². The van der Waals surface area contributed by atoms with E-state index in [0.29, 0.717) is 17.5 Å². The molecular formula is C16H13IN4.